The van der Waals surface area contributed by atoms with Crippen LogP contribution in [-0.2, 0) is 14.4 Å². The fourth-order valence-corrected chi connectivity index (χ4v) is 2.57. The first-order valence-electron chi connectivity index (χ1n) is 7.56. The second-order valence-electron chi connectivity index (χ2n) is 6.54. The number of carbonyl (C=O) groups excluding carboxylic acids is 2. The summed E-state index contributed by atoms with van der Waals surface area (Å²) in [5, 5.41) is 3.89. The molecule has 1 aliphatic carbocycles. The van der Waals surface area contributed by atoms with Crippen LogP contribution in [0.25, 0.3) is 0 Å². The summed E-state index contributed by atoms with van der Waals surface area (Å²) in [5.74, 6) is -0.105. The Hall–Kier alpha value is -1.30. The van der Waals surface area contributed by atoms with Crippen LogP contribution in [0.3, 0.4) is 0 Å². The van der Waals surface area contributed by atoms with Gasteiger partial charge in [0, 0.05) is 7.05 Å². The SMILES string of the molecule is CON(C)C(=O)[C@H](NC(=O)OC(C)(C)C)C1CCCCC1. The number of hydrogen-bond donors (Lipinski definition) is 1. The Labute approximate surface area is 127 Å². The van der Waals surface area contributed by atoms with Crippen molar-refractivity contribution >= 4 is 12.0 Å². The van der Waals surface area contributed by atoms with Crippen LogP contribution in [0.1, 0.15) is 52.9 Å². The lowest BCUT2D eigenvalue weighted by atomic mass is 9.83. The number of amides is 2. The van der Waals surface area contributed by atoms with Gasteiger partial charge in [0.2, 0.25) is 0 Å². The molecule has 0 aromatic heterocycles. The number of nitrogens with one attached hydrogen (secondary N) is 1. The van der Waals surface area contributed by atoms with Crippen molar-refractivity contribution in [3.05, 3.63) is 0 Å². The molecule has 0 spiro atoms. The molecule has 122 valence electrons. The summed E-state index contributed by atoms with van der Waals surface area (Å²) in [6.07, 6.45) is 4.66. The molecule has 1 N–H and O–H groups in total. The number of nitrogens with zero attached hydrogens (tertiary/aromatic N) is 1. The molecule has 1 rings (SSSR count). The Bertz CT molecular complexity index is 359. The molecule has 21 heavy (non-hydrogen) atoms. The Morgan fingerprint density at radius 2 is 1.76 bits per heavy atom. The van der Waals surface area contributed by atoms with Gasteiger partial charge in [-0.3, -0.25) is 9.63 Å². The summed E-state index contributed by atoms with van der Waals surface area (Å²) in [6.45, 7) is 5.39. The smallest absolute Gasteiger partial charge is 0.408 e. The molecule has 6 nitrogen and oxygen atoms in total. The van der Waals surface area contributed by atoms with Crippen LogP contribution in [0.4, 0.5) is 4.79 Å². The van der Waals surface area contributed by atoms with Crippen molar-refractivity contribution in [3.8, 4) is 0 Å². The summed E-state index contributed by atoms with van der Waals surface area (Å²) < 4.78 is 5.26. The summed E-state index contributed by atoms with van der Waals surface area (Å²) in [7, 11) is 2.98. The molecule has 0 radical (unpaired) electrons. The van der Waals surface area contributed by atoms with E-state index in [1.807, 2.05) is 0 Å². The molecular formula is C15H28N2O4. The summed E-state index contributed by atoms with van der Waals surface area (Å²) in [6, 6.07) is -0.593. The number of hydroxylamine groups is 2. The second-order valence-corrected chi connectivity index (χ2v) is 6.54. The molecule has 1 atom stereocenters. The standard InChI is InChI=1S/C15H28N2O4/c1-15(2,3)21-14(19)16-12(13(18)17(4)20-5)11-9-7-6-8-10-11/h11-12H,6-10H2,1-5H3,(H,16,19)/t12-/m1/s1. The first-order chi connectivity index (χ1) is 9.74. The zero-order valence-corrected chi connectivity index (χ0v) is 13.8. The quantitative estimate of drug-likeness (QED) is 0.810. The van der Waals surface area contributed by atoms with Crippen molar-refractivity contribution in [1.82, 2.24) is 10.4 Å². The maximum Gasteiger partial charge on any atom is 0.408 e. The average Bonchev–Trinajstić information content (AvgIpc) is 2.42. The van der Waals surface area contributed by atoms with Gasteiger partial charge in [0.05, 0.1) is 7.11 Å². The van der Waals surface area contributed by atoms with E-state index in [4.69, 9.17) is 9.57 Å². The van der Waals surface area contributed by atoms with E-state index in [0.29, 0.717) is 0 Å². The molecule has 1 aliphatic rings. The van der Waals surface area contributed by atoms with Crippen LogP contribution >= 0.6 is 0 Å². The minimum absolute atomic E-state index is 0.136. The minimum atomic E-state index is -0.593. The van der Waals surface area contributed by atoms with Crippen molar-refractivity contribution in [1.29, 1.82) is 0 Å². The number of ether oxygens (including phenoxy) is 1. The average molecular weight is 300 g/mol. The highest BCUT2D eigenvalue weighted by atomic mass is 16.7. The third-order valence-corrected chi connectivity index (χ3v) is 3.64. The van der Waals surface area contributed by atoms with Gasteiger partial charge in [0.1, 0.15) is 11.6 Å². The number of likely N-dealkylation sites (N-methyl/N-ethyl adjacent to an activating group) is 1. The van der Waals surface area contributed by atoms with Crippen molar-refractivity contribution < 1.29 is 19.2 Å². The van der Waals surface area contributed by atoms with Crippen molar-refractivity contribution in [2.75, 3.05) is 14.2 Å². The lowest BCUT2D eigenvalue weighted by molar-refractivity contribution is -0.172. The zero-order chi connectivity index (χ0) is 16.0. The van der Waals surface area contributed by atoms with Gasteiger partial charge in [0.25, 0.3) is 5.91 Å². The minimum Gasteiger partial charge on any atom is -0.444 e. The molecular weight excluding hydrogens is 272 g/mol. The number of rotatable bonds is 4. The Morgan fingerprint density at radius 1 is 1.19 bits per heavy atom. The Balaban J connectivity index is 2.76. The van der Waals surface area contributed by atoms with E-state index >= 15 is 0 Å². The fourth-order valence-electron chi connectivity index (χ4n) is 2.57. The van der Waals surface area contributed by atoms with Gasteiger partial charge in [0.15, 0.2) is 0 Å². The van der Waals surface area contributed by atoms with Gasteiger partial charge in [-0.25, -0.2) is 9.86 Å². The zero-order valence-electron chi connectivity index (χ0n) is 13.8. The lowest BCUT2D eigenvalue weighted by Crippen LogP contribution is -2.52. The van der Waals surface area contributed by atoms with E-state index < -0.39 is 17.7 Å². The van der Waals surface area contributed by atoms with Crippen LogP contribution in [0.5, 0.6) is 0 Å². The molecule has 1 saturated carbocycles. The van der Waals surface area contributed by atoms with Gasteiger partial charge in [-0.05, 0) is 39.5 Å². The van der Waals surface area contributed by atoms with E-state index in [9.17, 15) is 9.59 Å². The lowest BCUT2D eigenvalue weighted by Gasteiger charge is -2.32. The Morgan fingerprint density at radius 3 is 2.24 bits per heavy atom. The largest absolute Gasteiger partial charge is 0.444 e. The molecule has 2 amide bonds. The van der Waals surface area contributed by atoms with Crippen LogP contribution < -0.4 is 5.32 Å². The van der Waals surface area contributed by atoms with Crippen molar-refractivity contribution in [2.45, 2.75) is 64.5 Å². The van der Waals surface area contributed by atoms with Crippen molar-refractivity contribution in [3.63, 3.8) is 0 Å². The van der Waals surface area contributed by atoms with E-state index in [1.54, 1.807) is 27.8 Å². The van der Waals surface area contributed by atoms with E-state index in [0.717, 1.165) is 30.7 Å². The molecule has 0 aromatic carbocycles. The van der Waals surface area contributed by atoms with Gasteiger partial charge < -0.3 is 10.1 Å². The van der Waals surface area contributed by atoms with E-state index in [-0.39, 0.29) is 11.8 Å². The molecule has 6 heteroatoms. The molecule has 0 saturated heterocycles. The molecule has 0 aliphatic heterocycles. The summed E-state index contributed by atoms with van der Waals surface area (Å²) in [5.41, 5.74) is -0.586. The monoisotopic (exact) mass is 300 g/mol. The van der Waals surface area contributed by atoms with Gasteiger partial charge in [-0.2, -0.15) is 0 Å². The number of alkyl carbamates (subject to hydrolysis) is 1. The maximum absolute atomic E-state index is 12.4. The highest BCUT2D eigenvalue weighted by molar-refractivity contribution is 5.85. The number of hydrogen-bond acceptors (Lipinski definition) is 4. The molecule has 0 bridgehead atoms. The van der Waals surface area contributed by atoms with Crippen LogP contribution in [0.2, 0.25) is 0 Å². The van der Waals surface area contributed by atoms with Crippen LogP contribution in [0, 0.1) is 5.92 Å². The molecule has 1 fully saturated rings. The predicted octanol–water partition coefficient (Wildman–Crippen LogP) is 2.48. The highest BCUT2D eigenvalue weighted by Gasteiger charge is 2.34. The topological polar surface area (TPSA) is 67.9 Å². The van der Waals surface area contributed by atoms with Gasteiger partial charge >= 0.3 is 6.09 Å². The first-order valence-corrected chi connectivity index (χ1v) is 7.56. The normalized spacial score (nSPS) is 18.0. The van der Waals surface area contributed by atoms with Gasteiger partial charge in [-0.15, -0.1) is 0 Å². The second kappa shape index (κ2) is 7.64. The van der Waals surface area contributed by atoms with Crippen LogP contribution in [0.15, 0.2) is 0 Å². The number of carbonyl (C=O) groups is 2. The fraction of sp³-hybridized carbons (Fsp3) is 0.867. The van der Waals surface area contributed by atoms with Crippen LogP contribution in [-0.4, -0.2) is 42.9 Å². The van der Waals surface area contributed by atoms with Crippen molar-refractivity contribution in [2.24, 2.45) is 5.92 Å². The van der Waals surface area contributed by atoms with E-state index in [1.165, 1.54) is 13.5 Å². The first kappa shape index (κ1) is 17.8. The third kappa shape index (κ3) is 5.91. The Kier molecular flexibility index (Phi) is 6.45. The highest BCUT2D eigenvalue weighted by Crippen LogP contribution is 2.27. The molecule has 0 unspecified atom stereocenters. The third-order valence-electron chi connectivity index (χ3n) is 3.64. The van der Waals surface area contributed by atoms with E-state index in [2.05, 4.69) is 5.32 Å². The van der Waals surface area contributed by atoms with Gasteiger partial charge in [-0.1, -0.05) is 19.3 Å². The molecule has 0 heterocycles. The summed E-state index contributed by atoms with van der Waals surface area (Å²) >= 11 is 0. The predicted molar refractivity (Wildman–Crippen MR) is 79.5 cm³/mol. The molecule has 0 aromatic rings. The maximum atomic E-state index is 12.4. The summed E-state index contributed by atoms with van der Waals surface area (Å²) in [4.78, 5) is 29.3.